The van der Waals surface area contributed by atoms with Crippen LogP contribution in [0.3, 0.4) is 0 Å². The quantitative estimate of drug-likeness (QED) is 0.630. The van der Waals surface area contributed by atoms with E-state index in [9.17, 15) is 9.59 Å². The lowest BCUT2D eigenvalue weighted by molar-refractivity contribution is -0.143. The maximum Gasteiger partial charge on any atom is 0.315 e. The van der Waals surface area contributed by atoms with Crippen molar-refractivity contribution >= 4 is 33.5 Å². The van der Waals surface area contributed by atoms with Crippen molar-refractivity contribution in [3.8, 4) is 0 Å². The number of halogens is 1. The highest BCUT2D eigenvalue weighted by Crippen LogP contribution is 2.19. The molecule has 0 heterocycles. The molecule has 1 rings (SSSR count). The third-order valence-electron chi connectivity index (χ3n) is 2.09. The Bertz CT molecular complexity index is 406. The minimum absolute atomic E-state index is 0.250. The van der Waals surface area contributed by atoms with E-state index in [1.54, 1.807) is 19.2 Å². The third kappa shape index (κ3) is 3.34. The summed E-state index contributed by atoms with van der Waals surface area (Å²) in [6, 6.07) is 7.28. The van der Waals surface area contributed by atoms with Crippen molar-refractivity contribution in [3.05, 3.63) is 28.7 Å². The van der Waals surface area contributed by atoms with Crippen LogP contribution in [0, 0.1) is 0 Å². The fourth-order valence-electron chi connectivity index (χ4n) is 1.14. The van der Waals surface area contributed by atoms with Gasteiger partial charge in [-0.3, -0.25) is 9.59 Å². The number of nitrogens with zero attached hydrogens (tertiary/aromatic N) is 1. The minimum atomic E-state index is -0.535. The average molecular weight is 286 g/mol. The van der Waals surface area contributed by atoms with Crippen LogP contribution >= 0.6 is 15.9 Å². The van der Waals surface area contributed by atoms with Gasteiger partial charge in [0.1, 0.15) is 6.42 Å². The molecule has 5 heteroatoms. The molecule has 0 spiro atoms. The molecule has 0 aliphatic rings. The van der Waals surface area contributed by atoms with Crippen LogP contribution in [0.5, 0.6) is 0 Å². The van der Waals surface area contributed by atoms with Gasteiger partial charge in [-0.1, -0.05) is 22.0 Å². The lowest BCUT2D eigenvalue weighted by Gasteiger charge is -2.16. The van der Waals surface area contributed by atoms with Crippen LogP contribution in [-0.4, -0.2) is 26.0 Å². The molecule has 0 aliphatic heterocycles. The molecule has 0 fully saturated rings. The van der Waals surface area contributed by atoms with Crippen LogP contribution in [0.4, 0.5) is 5.69 Å². The number of esters is 1. The first kappa shape index (κ1) is 12.7. The Hall–Kier alpha value is -1.36. The first-order chi connectivity index (χ1) is 7.54. The number of ether oxygens (including phenoxy) is 1. The first-order valence-corrected chi connectivity index (χ1v) is 5.43. The van der Waals surface area contributed by atoms with Crippen LogP contribution in [-0.2, 0) is 14.3 Å². The van der Waals surface area contributed by atoms with E-state index in [1.807, 2.05) is 12.1 Å². The molecule has 0 saturated heterocycles. The number of amides is 1. The molecule has 1 amide bonds. The third-order valence-corrected chi connectivity index (χ3v) is 2.59. The summed E-state index contributed by atoms with van der Waals surface area (Å²) in [5.74, 6) is -0.836. The van der Waals surface area contributed by atoms with Crippen LogP contribution in [0.25, 0.3) is 0 Å². The summed E-state index contributed by atoms with van der Waals surface area (Å²) >= 11 is 3.31. The van der Waals surface area contributed by atoms with E-state index in [0.717, 1.165) is 10.2 Å². The second kappa shape index (κ2) is 5.65. The summed E-state index contributed by atoms with van der Waals surface area (Å²) in [6.07, 6.45) is -0.250. The van der Waals surface area contributed by atoms with Gasteiger partial charge in [0, 0.05) is 17.2 Å². The van der Waals surface area contributed by atoms with Crippen LogP contribution in [0.1, 0.15) is 6.42 Å². The number of carbonyl (C=O) groups excluding carboxylic acids is 2. The van der Waals surface area contributed by atoms with Gasteiger partial charge < -0.3 is 9.64 Å². The highest BCUT2D eigenvalue weighted by molar-refractivity contribution is 9.10. The number of methoxy groups -OCH3 is 1. The molecular formula is C11H12BrNO3. The standard InChI is InChI=1S/C11H12BrNO3/c1-13(10(14)7-11(15)16-2)9-5-3-4-8(12)6-9/h3-6H,7H2,1-2H3. The number of rotatable bonds is 3. The molecule has 86 valence electrons. The smallest absolute Gasteiger partial charge is 0.315 e. The Labute approximate surface area is 102 Å². The van der Waals surface area contributed by atoms with Crippen molar-refractivity contribution < 1.29 is 14.3 Å². The molecule has 0 atom stereocenters. The summed E-state index contributed by atoms with van der Waals surface area (Å²) in [7, 11) is 2.88. The van der Waals surface area contributed by atoms with E-state index in [2.05, 4.69) is 20.7 Å². The van der Waals surface area contributed by atoms with Gasteiger partial charge in [-0.2, -0.15) is 0 Å². The number of anilines is 1. The van der Waals surface area contributed by atoms with Gasteiger partial charge in [0.25, 0.3) is 0 Å². The predicted octanol–water partition coefficient (Wildman–Crippen LogP) is 1.97. The van der Waals surface area contributed by atoms with Gasteiger partial charge in [0.2, 0.25) is 5.91 Å². The van der Waals surface area contributed by atoms with Crippen molar-refractivity contribution in [3.63, 3.8) is 0 Å². The monoisotopic (exact) mass is 285 g/mol. The Kier molecular flexibility index (Phi) is 4.49. The summed E-state index contributed by atoms with van der Waals surface area (Å²) < 4.78 is 5.31. The van der Waals surface area contributed by atoms with Crippen molar-refractivity contribution in [2.75, 3.05) is 19.1 Å². The molecule has 4 nitrogen and oxygen atoms in total. The Morgan fingerprint density at radius 3 is 2.69 bits per heavy atom. The maximum absolute atomic E-state index is 11.6. The van der Waals surface area contributed by atoms with Crippen molar-refractivity contribution in [1.29, 1.82) is 0 Å². The van der Waals surface area contributed by atoms with E-state index in [-0.39, 0.29) is 12.3 Å². The zero-order chi connectivity index (χ0) is 12.1. The highest BCUT2D eigenvalue weighted by atomic mass is 79.9. The molecule has 0 saturated carbocycles. The van der Waals surface area contributed by atoms with Crippen LogP contribution in [0.15, 0.2) is 28.7 Å². The second-order valence-electron chi connectivity index (χ2n) is 3.19. The van der Waals surface area contributed by atoms with Crippen molar-refractivity contribution in [2.24, 2.45) is 0 Å². The summed E-state index contributed by atoms with van der Waals surface area (Å²) in [5, 5.41) is 0. The summed E-state index contributed by atoms with van der Waals surface area (Å²) in [4.78, 5) is 24.0. The molecule has 0 unspecified atom stereocenters. The van der Waals surface area contributed by atoms with Gasteiger partial charge in [-0.15, -0.1) is 0 Å². The molecule has 0 bridgehead atoms. The largest absolute Gasteiger partial charge is 0.469 e. The Balaban J connectivity index is 2.74. The van der Waals surface area contributed by atoms with Gasteiger partial charge in [-0.05, 0) is 18.2 Å². The summed E-state index contributed by atoms with van der Waals surface area (Å²) in [5.41, 5.74) is 0.725. The van der Waals surface area contributed by atoms with E-state index >= 15 is 0 Å². The second-order valence-corrected chi connectivity index (χ2v) is 4.10. The minimum Gasteiger partial charge on any atom is -0.469 e. The van der Waals surface area contributed by atoms with Gasteiger partial charge in [-0.25, -0.2) is 0 Å². The average Bonchev–Trinajstić information content (AvgIpc) is 2.27. The Morgan fingerprint density at radius 2 is 2.12 bits per heavy atom. The number of benzene rings is 1. The molecule has 0 radical (unpaired) electrons. The van der Waals surface area contributed by atoms with Gasteiger partial charge in [0.05, 0.1) is 7.11 Å². The van der Waals surface area contributed by atoms with E-state index < -0.39 is 5.97 Å². The van der Waals surface area contributed by atoms with Crippen molar-refractivity contribution in [1.82, 2.24) is 0 Å². The number of hydrogen-bond donors (Lipinski definition) is 0. The lowest BCUT2D eigenvalue weighted by atomic mass is 10.3. The van der Waals surface area contributed by atoms with E-state index in [4.69, 9.17) is 0 Å². The lowest BCUT2D eigenvalue weighted by Crippen LogP contribution is -2.28. The molecule has 16 heavy (non-hydrogen) atoms. The molecule has 0 aromatic heterocycles. The predicted molar refractivity (Wildman–Crippen MR) is 64.2 cm³/mol. The topological polar surface area (TPSA) is 46.6 Å². The van der Waals surface area contributed by atoms with Crippen LogP contribution in [0.2, 0.25) is 0 Å². The molecule has 0 N–H and O–H groups in total. The number of hydrogen-bond acceptors (Lipinski definition) is 3. The maximum atomic E-state index is 11.6. The highest BCUT2D eigenvalue weighted by Gasteiger charge is 2.15. The summed E-state index contributed by atoms with van der Waals surface area (Å²) in [6.45, 7) is 0. The van der Waals surface area contributed by atoms with Crippen LogP contribution < -0.4 is 4.90 Å². The van der Waals surface area contributed by atoms with Gasteiger partial charge >= 0.3 is 5.97 Å². The molecule has 1 aromatic rings. The zero-order valence-corrected chi connectivity index (χ0v) is 10.7. The molecule has 1 aromatic carbocycles. The van der Waals surface area contributed by atoms with Crippen molar-refractivity contribution in [2.45, 2.75) is 6.42 Å². The zero-order valence-electron chi connectivity index (χ0n) is 9.07. The van der Waals surface area contributed by atoms with E-state index in [1.165, 1.54) is 12.0 Å². The fraction of sp³-hybridized carbons (Fsp3) is 0.273. The normalized spacial score (nSPS) is 9.69. The SMILES string of the molecule is COC(=O)CC(=O)N(C)c1cccc(Br)c1. The Morgan fingerprint density at radius 1 is 1.44 bits per heavy atom. The first-order valence-electron chi connectivity index (χ1n) is 4.63. The molecular weight excluding hydrogens is 274 g/mol. The van der Waals surface area contributed by atoms with Gasteiger partial charge in [0.15, 0.2) is 0 Å². The fourth-order valence-corrected chi connectivity index (χ4v) is 1.53. The number of carbonyl (C=O) groups is 2. The van der Waals surface area contributed by atoms with E-state index in [0.29, 0.717) is 0 Å². The molecule has 0 aliphatic carbocycles.